The molecule has 3 rings (SSSR count). The molecule has 2 aromatic carbocycles. The summed E-state index contributed by atoms with van der Waals surface area (Å²) in [6.45, 7) is 1.94. The molecule has 0 fully saturated rings. The van der Waals surface area contributed by atoms with E-state index in [-0.39, 0.29) is 0 Å². The maximum atomic E-state index is 5.98. The predicted octanol–water partition coefficient (Wildman–Crippen LogP) is 3.56. The van der Waals surface area contributed by atoms with E-state index in [1.54, 1.807) is 17.9 Å². The van der Waals surface area contributed by atoms with Crippen molar-refractivity contribution in [3.63, 3.8) is 0 Å². The summed E-state index contributed by atoms with van der Waals surface area (Å²) in [5.41, 5.74) is 8.27. The van der Waals surface area contributed by atoms with Crippen molar-refractivity contribution in [3.8, 4) is 22.9 Å². The molecule has 5 nitrogen and oxygen atoms in total. The van der Waals surface area contributed by atoms with Gasteiger partial charge in [-0.25, -0.2) is 4.68 Å². The zero-order valence-corrected chi connectivity index (χ0v) is 12.5. The minimum Gasteiger partial charge on any atom is -0.497 e. The molecule has 0 aliphatic carbocycles. The van der Waals surface area contributed by atoms with Gasteiger partial charge in [0.1, 0.15) is 17.2 Å². The van der Waals surface area contributed by atoms with E-state index in [1.165, 1.54) is 0 Å². The summed E-state index contributed by atoms with van der Waals surface area (Å²) in [5.74, 6) is 2.05. The number of nitrogens with zero attached hydrogens (tertiary/aromatic N) is 2. The van der Waals surface area contributed by atoms with E-state index in [0.717, 1.165) is 17.1 Å². The Labute approximate surface area is 128 Å². The normalized spacial score (nSPS) is 10.5. The van der Waals surface area contributed by atoms with Crippen molar-refractivity contribution in [2.75, 3.05) is 12.8 Å². The Morgan fingerprint density at radius 3 is 2.59 bits per heavy atom. The molecular formula is C17H17N3O2. The average molecular weight is 295 g/mol. The Bertz CT molecular complexity index is 796. The minimum absolute atomic E-state index is 0.630. The number of hydrogen-bond donors (Lipinski definition) is 1. The van der Waals surface area contributed by atoms with E-state index in [9.17, 15) is 0 Å². The Hall–Kier alpha value is -2.95. The van der Waals surface area contributed by atoms with Gasteiger partial charge in [0.2, 0.25) is 0 Å². The molecule has 3 aromatic rings. The highest BCUT2D eigenvalue weighted by Crippen LogP contribution is 2.31. The largest absolute Gasteiger partial charge is 0.497 e. The highest BCUT2D eigenvalue weighted by Gasteiger charge is 2.09. The van der Waals surface area contributed by atoms with Crippen LogP contribution in [0.1, 0.15) is 5.69 Å². The Morgan fingerprint density at radius 2 is 1.86 bits per heavy atom. The Kier molecular flexibility index (Phi) is 3.70. The van der Waals surface area contributed by atoms with Gasteiger partial charge in [-0.1, -0.05) is 6.07 Å². The van der Waals surface area contributed by atoms with Crippen LogP contribution in [0, 0.1) is 6.92 Å². The highest BCUT2D eigenvalue weighted by molar-refractivity contribution is 5.57. The number of methoxy groups -OCH3 is 1. The van der Waals surface area contributed by atoms with Gasteiger partial charge in [0.25, 0.3) is 0 Å². The molecule has 2 N–H and O–H groups in total. The van der Waals surface area contributed by atoms with Gasteiger partial charge in [-0.2, -0.15) is 5.10 Å². The van der Waals surface area contributed by atoms with Crippen molar-refractivity contribution in [1.29, 1.82) is 0 Å². The first kappa shape index (κ1) is 14.0. The van der Waals surface area contributed by atoms with Crippen molar-refractivity contribution in [3.05, 3.63) is 60.4 Å². The van der Waals surface area contributed by atoms with E-state index in [0.29, 0.717) is 17.2 Å². The van der Waals surface area contributed by atoms with E-state index in [2.05, 4.69) is 5.10 Å². The topological polar surface area (TPSA) is 62.3 Å². The summed E-state index contributed by atoms with van der Waals surface area (Å²) >= 11 is 0. The Morgan fingerprint density at radius 1 is 1.05 bits per heavy atom. The molecular weight excluding hydrogens is 278 g/mol. The van der Waals surface area contributed by atoms with Gasteiger partial charge in [-0.15, -0.1) is 0 Å². The molecule has 1 heterocycles. The summed E-state index contributed by atoms with van der Waals surface area (Å²) in [4.78, 5) is 0. The van der Waals surface area contributed by atoms with Crippen LogP contribution in [0.5, 0.6) is 17.2 Å². The van der Waals surface area contributed by atoms with Gasteiger partial charge in [0.15, 0.2) is 5.75 Å². The maximum absolute atomic E-state index is 5.98. The number of benzene rings is 2. The molecule has 0 aliphatic heterocycles. The Balaban J connectivity index is 2.00. The van der Waals surface area contributed by atoms with Crippen LogP contribution in [0.3, 0.4) is 0 Å². The van der Waals surface area contributed by atoms with E-state index < -0.39 is 0 Å². The minimum atomic E-state index is 0.630. The number of aryl methyl sites for hydroxylation is 1. The fourth-order valence-electron chi connectivity index (χ4n) is 2.14. The van der Waals surface area contributed by atoms with Gasteiger partial charge in [-0.05, 0) is 37.3 Å². The van der Waals surface area contributed by atoms with Gasteiger partial charge >= 0.3 is 0 Å². The second-order valence-electron chi connectivity index (χ2n) is 4.91. The molecule has 0 aliphatic rings. The third-order valence-corrected chi connectivity index (χ3v) is 3.22. The van der Waals surface area contributed by atoms with Crippen molar-refractivity contribution in [2.24, 2.45) is 0 Å². The predicted molar refractivity (Wildman–Crippen MR) is 85.8 cm³/mol. The quantitative estimate of drug-likeness (QED) is 0.747. The molecule has 0 saturated carbocycles. The number of ether oxygens (including phenoxy) is 2. The molecule has 0 amide bonds. The third-order valence-electron chi connectivity index (χ3n) is 3.22. The lowest BCUT2D eigenvalue weighted by atomic mass is 10.2. The van der Waals surface area contributed by atoms with Gasteiger partial charge in [0, 0.05) is 24.0 Å². The van der Waals surface area contributed by atoms with Crippen LogP contribution >= 0.6 is 0 Å². The number of hydrogen-bond acceptors (Lipinski definition) is 4. The molecule has 5 heteroatoms. The van der Waals surface area contributed by atoms with Crippen molar-refractivity contribution in [2.45, 2.75) is 6.92 Å². The number of nitrogen functional groups attached to an aromatic ring is 1. The number of nitrogens with two attached hydrogens (primary N) is 1. The van der Waals surface area contributed by atoms with Gasteiger partial charge in [0.05, 0.1) is 12.8 Å². The van der Waals surface area contributed by atoms with Gasteiger partial charge < -0.3 is 15.2 Å². The summed E-state index contributed by atoms with van der Waals surface area (Å²) in [6.07, 6.45) is 1.89. The third kappa shape index (κ3) is 2.88. The van der Waals surface area contributed by atoms with Crippen LogP contribution in [0.25, 0.3) is 5.69 Å². The maximum Gasteiger partial charge on any atom is 0.155 e. The van der Waals surface area contributed by atoms with Gasteiger partial charge in [-0.3, -0.25) is 0 Å². The van der Waals surface area contributed by atoms with Crippen LogP contribution in [0.2, 0.25) is 0 Å². The molecule has 0 spiro atoms. The lowest BCUT2D eigenvalue weighted by Gasteiger charge is -2.12. The van der Waals surface area contributed by atoms with Crippen LogP contribution < -0.4 is 15.2 Å². The zero-order chi connectivity index (χ0) is 15.5. The highest BCUT2D eigenvalue weighted by atomic mass is 16.5. The van der Waals surface area contributed by atoms with Crippen LogP contribution in [0.4, 0.5) is 5.69 Å². The molecule has 1 aromatic heterocycles. The molecule has 0 atom stereocenters. The summed E-state index contributed by atoms with van der Waals surface area (Å²) in [5, 5.41) is 4.42. The summed E-state index contributed by atoms with van der Waals surface area (Å²) < 4.78 is 13.0. The lowest BCUT2D eigenvalue weighted by Crippen LogP contribution is -2.00. The smallest absolute Gasteiger partial charge is 0.155 e. The molecule has 22 heavy (non-hydrogen) atoms. The number of rotatable bonds is 4. The van der Waals surface area contributed by atoms with E-state index in [1.807, 2.05) is 55.6 Å². The summed E-state index contributed by atoms with van der Waals surface area (Å²) in [7, 11) is 1.62. The number of aromatic nitrogens is 2. The van der Waals surface area contributed by atoms with E-state index in [4.69, 9.17) is 15.2 Å². The molecule has 0 bridgehead atoms. The van der Waals surface area contributed by atoms with Crippen molar-refractivity contribution in [1.82, 2.24) is 9.78 Å². The lowest BCUT2D eigenvalue weighted by molar-refractivity contribution is 0.409. The second kappa shape index (κ2) is 5.81. The molecule has 0 unspecified atom stereocenters. The standard InChI is InChI=1S/C17H17N3O2/c1-12-8-9-20(19-12)16-7-6-13(18)10-17(16)22-15-5-3-4-14(11-15)21-2/h3-11H,18H2,1-2H3. The fourth-order valence-corrected chi connectivity index (χ4v) is 2.14. The number of anilines is 1. The van der Waals surface area contributed by atoms with Crippen LogP contribution in [-0.4, -0.2) is 16.9 Å². The molecule has 112 valence electrons. The fraction of sp³-hybridized carbons (Fsp3) is 0.118. The molecule has 0 radical (unpaired) electrons. The van der Waals surface area contributed by atoms with E-state index >= 15 is 0 Å². The average Bonchev–Trinajstić information content (AvgIpc) is 2.94. The van der Waals surface area contributed by atoms with Crippen molar-refractivity contribution >= 4 is 5.69 Å². The van der Waals surface area contributed by atoms with Crippen LogP contribution in [0.15, 0.2) is 54.7 Å². The first-order chi connectivity index (χ1) is 10.7. The SMILES string of the molecule is COc1cccc(Oc2cc(N)ccc2-n2ccc(C)n2)c1. The zero-order valence-electron chi connectivity index (χ0n) is 12.5. The first-order valence-corrected chi connectivity index (χ1v) is 6.90. The monoisotopic (exact) mass is 295 g/mol. The summed E-state index contributed by atoms with van der Waals surface area (Å²) in [6, 6.07) is 14.9. The first-order valence-electron chi connectivity index (χ1n) is 6.90. The molecule has 0 saturated heterocycles. The van der Waals surface area contributed by atoms with Crippen molar-refractivity contribution < 1.29 is 9.47 Å². The van der Waals surface area contributed by atoms with Crippen LogP contribution in [-0.2, 0) is 0 Å². The second-order valence-corrected chi connectivity index (χ2v) is 4.91.